The first kappa shape index (κ1) is 19.7. The molecule has 0 atom stereocenters. The minimum absolute atomic E-state index is 0.00388. The molecule has 0 spiro atoms. The molecule has 0 heterocycles. The van der Waals surface area contributed by atoms with E-state index < -0.39 is 4.92 Å². The van der Waals surface area contributed by atoms with Crippen molar-refractivity contribution in [3.63, 3.8) is 0 Å². The number of methoxy groups -OCH3 is 2. The van der Waals surface area contributed by atoms with E-state index >= 15 is 0 Å². The van der Waals surface area contributed by atoms with Crippen LogP contribution in [0.3, 0.4) is 0 Å². The van der Waals surface area contributed by atoms with Crippen molar-refractivity contribution in [2.75, 3.05) is 20.8 Å². The van der Waals surface area contributed by atoms with Gasteiger partial charge in [0.15, 0.2) is 11.5 Å². The van der Waals surface area contributed by atoms with Crippen LogP contribution in [0, 0.1) is 17.0 Å². The van der Waals surface area contributed by atoms with Gasteiger partial charge >= 0.3 is 0 Å². The zero-order chi connectivity index (χ0) is 19.3. The highest BCUT2D eigenvalue weighted by Gasteiger charge is 2.14. The van der Waals surface area contributed by atoms with Crippen molar-refractivity contribution in [3.05, 3.63) is 61.6 Å². The van der Waals surface area contributed by atoms with Gasteiger partial charge in [0.2, 0.25) is 0 Å². The predicted octanol–water partition coefficient (Wildman–Crippen LogP) is 3.66. The van der Waals surface area contributed by atoms with E-state index in [0.29, 0.717) is 35.6 Å². The summed E-state index contributed by atoms with van der Waals surface area (Å²) in [5.74, 6) is 0.955. The molecule has 8 heteroatoms. The number of carbonyl (C=O) groups is 1. The molecule has 26 heavy (non-hydrogen) atoms. The molecule has 0 fully saturated rings. The number of benzene rings is 2. The Labute approximate surface area is 159 Å². The molecular formula is C18H19BrN2O5. The second-order valence-electron chi connectivity index (χ2n) is 5.56. The van der Waals surface area contributed by atoms with Gasteiger partial charge in [-0.3, -0.25) is 14.9 Å². The molecule has 0 saturated carbocycles. The van der Waals surface area contributed by atoms with Crippen LogP contribution >= 0.6 is 15.9 Å². The lowest BCUT2D eigenvalue weighted by atomic mass is 10.1. The first-order valence-electron chi connectivity index (χ1n) is 7.81. The first-order chi connectivity index (χ1) is 12.4. The Morgan fingerprint density at radius 1 is 1.19 bits per heavy atom. The van der Waals surface area contributed by atoms with Crippen LogP contribution in [0.4, 0.5) is 5.69 Å². The van der Waals surface area contributed by atoms with E-state index in [1.165, 1.54) is 18.2 Å². The van der Waals surface area contributed by atoms with Crippen LogP contribution in [0.25, 0.3) is 0 Å². The highest BCUT2D eigenvalue weighted by molar-refractivity contribution is 9.10. The van der Waals surface area contributed by atoms with Gasteiger partial charge in [-0.2, -0.15) is 0 Å². The number of rotatable bonds is 7. The lowest BCUT2D eigenvalue weighted by Crippen LogP contribution is -2.25. The summed E-state index contributed by atoms with van der Waals surface area (Å²) in [6.07, 6.45) is 0.582. The molecule has 7 nitrogen and oxygen atoms in total. The minimum atomic E-state index is -0.467. The highest BCUT2D eigenvalue weighted by Crippen LogP contribution is 2.33. The Morgan fingerprint density at radius 3 is 2.42 bits per heavy atom. The molecule has 0 unspecified atom stereocenters. The number of hydrogen-bond acceptors (Lipinski definition) is 5. The number of halogens is 1. The van der Waals surface area contributed by atoms with Crippen LogP contribution in [0.2, 0.25) is 0 Å². The van der Waals surface area contributed by atoms with Gasteiger partial charge in [0.1, 0.15) is 0 Å². The fraction of sp³-hybridized carbons (Fsp3) is 0.278. The molecule has 2 aromatic rings. The lowest BCUT2D eigenvalue weighted by Gasteiger charge is -2.12. The van der Waals surface area contributed by atoms with Gasteiger partial charge in [-0.1, -0.05) is 15.9 Å². The summed E-state index contributed by atoms with van der Waals surface area (Å²) >= 11 is 3.48. The Morgan fingerprint density at radius 2 is 1.85 bits per heavy atom. The summed E-state index contributed by atoms with van der Waals surface area (Å²) in [6, 6.07) is 7.97. The van der Waals surface area contributed by atoms with Crippen LogP contribution in [-0.4, -0.2) is 31.6 Å². The van der Waals surface area contributed by atoms with Crippen LogP contribution in [-0.2, 0) is 6.42 Å². The van der Waals surface area contributed by atoms with E-state index in [1.54, 1.807) is 21.1 Å². The molecule has 1 N–H and O–H groups in total. The second kappa shape index (κ2) is 8.66. The third-order valence-corrected chi connectivity index (χ3v) is 4.63. The Balaban J connectivity index is 2.02. The van der Waals surface area contributed by atoms with Crippen molar-refractivity contribution >= 4 is 27.5 Å². The summed E-state index contributed by atoms with van der Waals surface area (Å²) in [7, 11) is 3.13. The van der Waals surface area contributed by atoms with Gasteiger partial charge in [0.05, 0.1) is 19.1 Å². The molecule has 0 saturated heterocycles. The average Bonchev–Trinajstić information content (AvgIpc) is 2.62. The van der Waals surface area contributed by atoms with Gasteiger partial charge in [-0.15, -0.1) is 0 Å². The number of nitro benzene ring substituents is 1. The fourth-order valence-electron chi connectivity index (χ4n) is 2.50. The third-order valence-electron chi connectivity index (χ3n) is 3.89. The zero-order valence-corrected chi connectivity index (χ0v) is 16.3. The number of nitro groups is 1. The molecule has 0 aromatic heterocycles. The monoisotopic (exact) mass is 422 g/mol. The number of nitrogens with zero attached hydrogens (tertiary/aromatic N) is 1. The lowest BCUT2D eigenvalue weighted by molar-refractivity contribution is -0.385. The van der Waals surface area contributed by atoms with Crippen molar-refractivity contribution < 1.29 is 19.2 Å². The van der Waals surface area contributed by atoms with E-state index in [0.717, 1.165) is 10.0 Å². The maximum atomic E-state index is 12.2. The number of nitrogens with one attached hydrogen (secondary N) is 1. The third kappa shape index (κ3) is 4.51. The predicted molar refractivity (Wildman–Crippen MR) is 101 cm³/mol. The molecule has 0 bridgehead atoms. The molecule has 1 amide bonds. The Bertz CT molecular complexity index is 839. The summed E-state index contributed by atoms with van der Waals surface area (Å²) in [5.41, 5.74) is 1.79. The van der Waals surface area contributed by atoms with Crippen LogP contribution in [0.15, 0.2) is 34.8 Å². The normalized spacial score (nSPS) is 10.3. The molecular weight excluding hydrogens is 404 g/mol. The first-order valence-corrected chi connectivity index (χ1v) is 8.60. The van der Waals surface area contributed by atoms with Crippen LogP contribution in [0.5, 0.6) is 11.5 Å². The minimum Gasteiger partial charge on any atom is -0.493 e. The average molecular weight is 423 g/mol. The highest BCUT2D eigenvalue weighted by atomic mass is 79.9. The van der Waals surface area contributed by atoms with E-state index in [4.69, 9.17) is 9.47 Å². The molecule has 0 aliphatic carbocycles. The standard InChI is InChI=1S/C18H19BrN2O5/c1-11-8-13(4-5-15(11)21(23)24)18(22)20-7-6-12-9-16(25-2)17(26-3)10-14(12)19/h4-5,8-10H,6-7H2,1-3H3,(H,20,22). The van der Waals surface area contributed by atoms with Crippen molar-refractivity contribution in [3.8, 4) is 11.5 Å². The maximum absolute atomic E-state index is 12.2. The van der Waals surface area contributed by atoms with Crippen LogP contribution in [0.1, 0.15) is 21.5 Å². The summed E-state index contributed by atoms with van der Waals surface area (Å²) < 4.78 is 11.4. The molecule has 0 aliphatic heterocycles. The number of hydrogen-bond donors (Lipinski definition) is 1. The largest absolute Gasteiger partial charge is 0.493 e. The van der Waals surface area contributed by atoms with Gasteiger partial charge in [-0.25, -0.2) is 0 Å². The number of carbonyl (C=O) groups excluding carboxylic acids is 1. The van der Waals surface area contributed by atoms with Crippen molar-refractivity contribution in [2.45, 2.75) is 13.3 Å². The summed E-state index contributed by atoms with van der Waals surface area (Å²) in [5, 5.41) is 13.7. The van der Waals surface area contributed by atoms with Crippen molar-refractivity contribution in [1.29, 1.82) is 0 Å². The van der Waals surface area contributed by atoms with Crippen molar-refractivity contribution in [2.24, 2.45) is 0 Å². The van der Waals surface area contributed by atoms with Gasteiger partial charge in [0, 0.05) is 28.2 Å². The molecule has 2 aromatic carbocycles. The van der Waals surface area contributed by atoms with E-state index in [2.05, 4.69) is 21.2 Å². The fourth-order valence-corrected chi connectivity index (χ4v) is 3.02. The zero-order valence-electron chi connectivity index (χ0n) is 14.7. The number of ether oxygens (including phenoxy) is 2. The van der Waals surface area contributed by atoms with E-state index in [-0.39, 0.29) is 11.6 Å². The maximum Gasteiger partial charge on any atom is 0.272 e. The van der Waals surface area contributed by atoms with Gasteiger partial charge in [0.25, 0.3) is 11.6 Å². The van der Waals surface area contributed by atoms with Gasteiger partial charge in [-0.05, 0) is 43.2 Å². The molecule has 0 radical (unpaired) electrons. The Hall–Kier alpha value is -2.61. The second-order valence-corrected chi connectivity index (χ2v) is 6.42. The van der Waals surface area contributed by atoms with Crippen LogP contribution < -0.4 is 14.8 Å². The molecule has 138 valence electrons. The topological polar surface area (TPSA) is 90.7 Å². The smallest absolute Gasteiger partial charge is 0.272 e. The van der Waals surface area contributed by atoms with Crippen molar-refractivity contribution in [1.82, 2.24) is 5.32 Å². The number of aryl methyl sites for hydroxylation is 1. The Kier molecular flexibility index (Phi) is 6.57. The number of amides is 1. The summed E-state index contributed by atoms with van der Waals surface area (Å²) in [4.78, 5) is 22.6. The summed E-state index contributed by atoms with van der Waals surface area (Å²) in [6.45, 7) is 2.01. The molecule has 2 rings (SSSR count). The SMILES string of the molecule is COc1cc(Br)c(CCNC(=O)c2ccc([N+](=O)[O-])c(C)c2)cc1OC. The quantitative estimate of drug-likeness (QED) is 0.542. The van der Waals surface area contributed by atoms with Gasteiger partial charge < -0.3 is 14.8 Å². The molecule has 0 aliphatic rings. The van der Waals surface area contributed by atoms with E-state index in [9.17, 15) is 14.9 Å². The van der Waals surface area contributed by atoms with E-state index in [1.807, 2.05) is 12.1 Å².